The molecule has 1 aliphatic rings. The number of hydrogen-bond acceptors (Lipinski definition) is 5. The minimum absolute atomic E-state index is 0.0577. The van der Waals surface area contributed by atoms with Gasteiger partial charge in [0.05, 0.1) is 18.8 Å². The molecule has 0 bridgehead atoms. The first-order valence-corrected chi connectivity index (χ1v) is 6.29. The van der Waals surface area contributed by atoms with Crippen LogP contribution in [0, 0.1) is 5.82 Å². The van der Waals surface area contributed by atoms with Crippen molar-refractivity contribution < 1.29 is 28.9 Å². The SMILES string of the molecule is NC(CCC(=O)O)c1c(O)c(F)cc2c1OCCCO2. The fraction of sp³-hybridized carbons (Fsp3) is 0.462. The molecule has 1 heterocycles. The van der Waals surface area contributed by atoms with Crippen LogP contribution in [0.3, 0.4) is 0 Å². The molecule has 0 spiro atoms. The van der Waals surface area contributed by atoms with E-state index in [4.69, 9.17) is 20.3 Å². The molecular weight excluding hydrogens is 269 g/mol. The van der Waals surface area contributed by atoms with E-state index in [9.17, 15) is 14.3 Å². The van der Waals surface area contributed by atoms with Crippen molar-refractivity contribution in [2.75, 3.05) is 13.2 Å². The number of carbonyl (C=O) groups is 1. The van der Waals surface area contributed by atoms with Crippen molar-refractivity contribution in [2.45, 2.75) is 25.3 Å². The molecule has 0 saturated heterocycles. The van der Waals surface area contributed by atoms with Gasteiger partial charge in [-0.2, -0.15) is 0 Å². The number of nitrogens with two attached hydrogens (primary N) is 1. The minimum atomic E-state index is -1.01. The van der Waals surface area contributed by atoms with Gasteiger partial charge in [0.25, 0.3) is 0 Å². The highest BCUT2D eigenvalue weighted by Gasteiger charge is 2.26. The molecule has 0 aliphatic carbocycles. The number of fused-ring (bicyclic) bond motifs is 1. The number of benzene rings is 1. The third-order valence-corrected chi connectivity index (χ3v) is 3.04. The maximum absolute atomic E-state index is 13.7. The third kappa shape index (κ3) is 2.93. The van der Waals surface area contributed by atoms with Gasteiger partial charge in [0, 0.05) is 24.9 Å². The Balaban J connectivity index is 2.39. The molecule has 20 heavy (non-hydrogen) atoms. The van der Waals surface area contributed by atoms with E-state index in [1.54, 1.807) is 0 Å². The largest absolute Gasteiger partial charge is 0.504 e. The Labute approximate surface area is 114 Å². The van der Waals surface area contributed by atoms with Crippen molar-refractivity contribution in [3.05, 3.63) is 17.4 Å². The van der Waals surface area contributed by atoms with E-state index in [-0.39, 0.29) is 29.9 Å². The molecule has 0 amide bonds. The predicted octanol–water partition coefficient (Wildman–Crippen LogP) is 1.56. The zero-order valence-electron chi connectivity index (χ0n) is 10.8. The Bertz CT molecular complexity index is 520. The molecule has 1 aromatic carbocycles. The highest BCUT2D eigenvalue weighted by molar-refractivity contribution is 5.67. The molecule has 0 saturated carbocycles. The Morgan fingerprint density at radius 1 is 1.45 bits per heavy atom. The summed E-state index contributed by atoms with van der Waals surface area (Å²) >= 11 is 0. The zero-order valence-corrected chi connectivity index (χ0v) is 10.8. The molecule has 7 heteroatoms. The molecule has 1 atom stereocenters. The van der Waals surface area contributed by atoms with E-state index in [1.807, 2.05) is 0 Å². The van der Waals surface area contributed by atoms with Crippen molar-refractivity contribution in [1.29, 1.82) is 0 Å². The van der Waals surface area contributed by atoms with E-state index in [0.717, 1.165) is 6.07 Å². The number of phenols is 1. The fourth-order valence-electron chi connectivity index (χ4n) is 2.06. The second-order valence-electron chi connectivity index (χ2n) is 4.54. The zero-order chi connectivity index (χ0) is 14.7. The molecule has 2 rings (SSSR count). The molecule has 4 N–H and O–H groups in total. The summed E-state index contributed by atoms with van der Waals surface area (Å²) in [5.41, 5.74) is 5.92. The summed E-state index contributed by atoms with van der Waals surface area (Å²) in [5, 5.41) is 18.5. The molecule has 0 radical (unpaired) electrons. The van der Waals surface area contributed by atoms with Crippen LogP contribution in [0.25, 0.3) is 0 Å². The van der Waals surface area contributed by atoms with Gasteiger partial charge >= 0.3 is 5.97 Å². The van der Waals surface area contributed by atoms with Gasteiger partial charge < -0.3 is 25.4 Å². The highest BCUT2D eigenvalue weighted by Crippen LogP contribution is 2.44. The van der Waals surface area contributed by atoms with Crippen LogP contribution >= 0.6 is 0 Å². The van der Waals surface area contributed by atoms with Crippen LogP contribution in [0.5, 0.6) is 17.2 Å². The molecule has 110 valence electrons. The summed E-state index contributed by atoms with van der Waals surface area (Å²) in [7, 11) is 0. The predicted molar refractivity (Wildman–Crippen MR) is 67.5 cm³/mol. The van der Waals surface area contributed by atoms with Crippen LogP contribution in [-0.2, 0) is 4.79 Å². The Kier molecular flexibility index (Phi) is 4.29. The summed E-state index contributed by atoms with van der Waals surface area (Å²) in [4.78, 5) is 10.6. The Morgan fingerprint density at radius 2 is 2.15 bits per heavy atom. The van der Waals surface area contributed by atoms with Gasteiger partial charge in [-0.15, -0.1) is 0 Å². The monoisotopic (exact) mass is 285 g/mol. The standard InChI is InChI=1S/C13H16FNO5/c14-7-6-9-13(20-5-1-4-19-9)11(12(7)18)8(15)2-3-10(16)17/h6,8,18H,1-5,15H2,(H,16,17). The van der Waals surface area contributed by atoms with Gasteiger partial charge in [-0.1, -0.05) is 0 Å². The van der Waals surface area contributed by atoms with Gasteiger partial charge in [-0.05, 0) is 6.42 Å². The van der Waals surface area contributed by atoms with Crippen LogP contribution in [0.1, 0.15) is 30.9 Å². The van der Waals surface area contributed by atoms with Crippen molar-refractivity contribution in [2.24, 2.45) is 5.73 Å². The second kappa shape index (κ2) is 5.96. The molecule has 0 fully saturated rings. The molecule has 0 aromatic heterocycles. The number of halogens is 1. The second-order valence-corrected chi connectivity index (χ2v) is 4.54. The fourth-order valence-corrected chi connectivity index (χ4v) is 2.06. The molecule has 1 aromatic rings. The smallest absolute Gasteiger partial charge is 0.303 e. The number of phenolic OH excluding ortho intramolecular Hbond substituents is 1. The number of carboxylic acid groups (broad SMARTS) is 1. The lowest BCUT2D eigenvalue weighted by Gasteiger charge is -2.19. The Morgan fingerprint density at radius 3 is 2.85 bits per heavy atom. The first-order chi connectivity index (χ1) is 9.50. The van der Waals surface area contributed by atoms with E-state index < -0.39 is 23.6 Å². The number of aromatic hydroxyl groups is 1. The van der Waals surface area contributed by atoms with Gasteiger partial charge in [0.15, 0.2) is 23.1 Å². The lowest BCUT2D eigenvalue weighted by atomic mass is 9.99. The summed E-state index contributed by atoms with van der Waals surface area (Å²) < 4.78 is 24.5. The Hall–Kier alpha value is -2.02. The summed E-state index contributed by atoms with van der Waals surface area (Å²) in [5.74, 6) is -2.13. The quantitative estimate of drug-likeness (QED) is 0.776. The third-order valence-electron chi connectivity index (χ3n) is 3.04. The number of ether oxygens (including phenoxy) is 2. The van der Waals surface area contributed by atoms with E-state index >= 15 is 0 Å². The van der Waals surface area contributed by atoms with Crippen LogP contribution < -0.4 is 15.2 Å². The first kappa shape index (κ1) is 14.4. The molecular formula is C13H16FNO5. The lowest BCUT2D eigenvalue weighted by Crippen LogP contribution is -2.15. The average molecular weight is 285 g/mol. The van der Waals surface area contributed by atoms with Crippen LogP contribution in [0.15, 0.2) is 6.07 Å². The maximum Gasteiger partial charge on any atom is 0.303 e. The van der Waals surface area contributed by atoms with E-state index in [0.29, 0.717) is 19.6 Å². The first-order valence-electron chi connectivity index (χ1n) is 6.29. The number of hydrogen-bond donors (Lipinski definition) is 3. The normalized spacial score (nSPS) is 15.5. The van der Waals surface area contributed by atoms with Gasteiger partial charge in [-0.3, -0.25) is 4.79 Å². The van der Waals surface area contributed by atoms with Gasteiger partial charge in [0.1, 0.15) is 0 Å². The highest BCUT2D eigenvalue weighted by atomic mass is 19.1. The topological polar surface area (TPSA) is 102 Å². The van der Waals surface area contributed by atoms with Gasteiger partial charge in [0.2, 0.25) is 0 Å². The molecule has 1 unspecified atom stereocenters. The maximum atomic E-state index is 13.7. The lowest BCUT2D eigenvalue weighted by molar-refractivity contribution is -0.137. The number of rotatable bonds is 4. The minimum Gasteiger partial charge on any atom is -0.504 e. The molecule has 1 aliphatic heterocycles. The number of carboxylic acids is 1. The van der Waals surface area contributed by atoms with E-state index in [1.165, 1.54) is 0 Å². The van der Waals surface area contributed by atoms with Crippen molar-refractivity contribution in [3.63, 3.8) is 0 Å². The molecule has 6 nitrogen and oxygen atoms in total. The van der Waals surface area contributed by atoms with Crippen LogP contribution in [0.4, 0.5) is 4.39 Å². The summed E-state index contributed by atoms with van der Waals surface area (Å²) in [6.07, 6.45) is 0.496. The van der Waals surface area contributed by atoms with Crippen molar-refractivity contribution in [1.82, 2.24) is 0 Å². The van der Waals surface area contributed by atoms with Crippen molar-refractivity contribution >= 4 is 5.97 Å². The number of aliphatic carboxylic acids is 1. The summed E-state index contributed by atoms with van der Waals surface area (Å²) in [6.45, 7) is 0.734. The van der Waals surface area contributed by atoms with Gasteiger partial charge in [-0.25, -0.2) is 4.39 Å². The average Bonchev–Trinajstić information content (AvgIpc) is 2.62. The van der Waals surface area contributed by atoms with Crippen LogP contribution in [-0.4, -0.2) is 29.4 Å². The van der Waals surface area contributed by atoms with Crippen LogP contribution in [0.2, 0.25) is 0 Å². The van der Waals surface area contributed by atoms with E-state index in [2.05, 4.69) is 0 Å². The van der Waals surface area contributed by atoms with Crippen molar-refractivity contribution in [3.8, 4) is 17.2 Å². The summed E-state index contributed by atoms with van der Waals surface area (Å²) in [6, 6.07) is 0.195.